The van der Waals surface area contributed by atoms with Crippen LogP contribution in [0.2, 0.25) is 0 Å². The number of carboxylic acids is 1. The van der Waals surface area contributed by atoms with Crippen LogP contribution in [-0.2, 0) is 13.0 Å². The number of likely N-dealkylation sites (tertiary alicyclic amines) is 1. The Bertz CT molecular complexity index is 1670. The van der Waals surface area contributed by atoms with Crippen molar-refractivity contribution in [2.45, 2.75) is 63.5 Å². The summed E-state index contributed by atoms with van der Waals surface area (Å²) in [5.74, 6) is 1.45. The van der Waals surface area contributed by atoms with E-state index in [1.54, 1.807) is 6.07 Å². The van der Waals surface area contributed by atoms with Crippen LogP contribution in [0.5, 0.6) is 5.75 Å². The zero-order valence-corrected chi connectivity index (χ0v) is 27.4. The fraction of sp³-hybridized carbons (Fsp3) is 0.390. The van der Waals surface area contributed by atoms with Crippen molar-refractivity contribution in [3.05, 3.63) is 130 Å². The molecule has 2 N–H and O–H groups in total. The Morgan fingerprint density at radius 2 is 1.64 bits per heavy atom. The molecule has 244 valence electrons. The minimum absolute atomic E-state index is 0.177. The van der Waals surface area contributed by atoms with E-state index < -0.39 is 5.97 Å². The monoisotopic (exact) mass is 630 g/mol. The smallest absolute Gasteiger partial charge is 0.336 e. The summed E-state index contributed by atoms with van der Waals surface area (Å²) in [5, 5.41) is 19.0. The van der Waals surface area contributed by atoms with Gasteiger partial charge in [0.1, 0.15) is 5.75 Å². The van der Waals surface area contributed by atoms with Crippen molar-refractivity contribution in [1.29, 1.82) is 0 Å². The number of aryl methyl sites for hydroxylation is 2. The lowest BCUT2D eigenvalue weighted by molar-refractivity contribution is 0.0305. The van der Waals surface area contributed by atoms with Crippen molar-refractivity contribution in [2.24, 2.45) is 5.92 Å². The maximum atomic E-state index is 11.4. The zero-order valence-electron chi connectivity index (χ0n) is 27.4. The number of carbonyl (C=O) groups is 1. The topological polar surface area (TPSA) is 73.2 Å². The molecule has 0 aromatic heterocycles. The first-order valence-corrected chi connectivity index (χ1v) is 17.3. The van der Waals surface area contributed by atoms with Gasteiger partial charge in [-0.3, -0.25) is 4.90 Å². The average molecular weight is 631 g/mol. The Morgan fingerprint density at radius 1 is 0.872 bits per heavy atom. The lowest BCUT2D eigenvalue weighted by Crippen LogP contribution is -2.55. The molecular weight excluding hydrogens is 584 g/mol. The van der Waals surface area contributed by atoms with Gasteiger partial charge in [0.2, 0.25) is 0 Å². The Morgan fingerprint density at radius 3 is 2.36 bits per heavy atom. The number of aliphatic hydroxyl groups excluding tert-OH is 1. The maximum Gasteiger partial charge on any atom is 0.336 e. The molecule has 0 saturated carbocycles. The molecule has 2 atom stereocenters. The van der Waals surface area contributed by atoms with Gasteiger partial charge in [0.05, 0.1) is 18.8 Å². The van der Waals surface area contributed by atoms with Crippen molar-refractivity contribution < 1.29 is 19.7 Å². The van der Waals surface area contributed by atoms with E-state index in [0.717, 1.165) is 76.3 Å². The first-order chi connectivity index (χ1) is 23.0. The summed E-state index contributed by atoms with van der Waals surface area (Å²) in [6.07, 6.45) is 5.56. The highest BCUT2D eigenvalue weighted by Gasteiger charge is 2.34. The van der Waals surface area contributed by atoms with Crippen molar-refractivity contribution in [1.82, 2.24) is 4.90 Å². The van der Waals surface area contributed by atoms with Gasteiger partial charge in [0, 0.05) is 43.8 Å². The van der Waals surface area contributed by atoms with Gasteiger partial charge in [-0.05, 0) is 109 Å². The number of hydrogen-bond acceptors (Lipinski definition) is 5. The van der Waals surface area contributed by atoms with Crippen LogP contribution in [0, 0.1) is 12.8 Å². The highest BCUT2D eigenvalue weighted by Crippen LogP contribution is 2.46. The van der Waals surface area contributed by atoms with Crippen LogP contribution in [-0.4, -0.2) is 59.9 Å². The van der Waals surface area contributed by atoms with E-state index in [4.69, 9.17) is 4.74 Å². The largest absolute Gasteiger partial charge is 0.494 e. The Balaban J connectivity index is 0.892. The summed E-state index contributed by atoms with van der Waals surface area (Å²) in [7, 11) is 0. The molecule has 4 aromatic rings. The molecule has 0 radical (unpaired) electrons. The van der Waals surface area contributed by atoms with E-state index in [2.05, 4.69) is 89.5 Å². The number of fused-ring (bicyclic) bond motifs is 1. The SMILES string of the molecule is Cc1ccc2c(c1)CC[C@H](c1ccccc1)[C@@H]2c1ccc(OCCC2CN(C3CCN(c4ccc(C(=O)O)c(CO)c4)CC3)C2)cc1. The number of aliphatic hydroxyl groups is 1. The van der Waals surface area contributed by atoms with Crippen LogP contribution in [0.3, 0.4) is 0 Å². The summed E-state index contributed by atoms with van der Waals surface area (Å²) in [6.45, 7) is 6.83. The third kappa shape index (κ3) is 6.81. The summed E-state index contributed by atoms with van der Waals surface area (Å²) < 4.78 is 6.26. The normalized spacial score (nSPS) is 20.4. The van der Waals surface area contributed by atoms with Crippen LogP contribution in [0.25, 0.3) is 0 Å². The molecule has 0 spiro atoms. The van der Waals surface area contributed by atoms with E-state index in [9.17, 15) is 15.0 Å². The average Bonchev–Trinajstić information content (AvgIpc) is 3.09. The summed E-state index contributed by atoms with van der Waals surface area (Å²) in [6, 6.07) is 32.8. The predicted octanol–water partition coefficient (Wildman–Crippen LogP) is 7.42. The molecule has 0 amide bonds. The first kappa shape index (κ1) is 31.5. The number of rotatable bonds is 10. The van der Waals surface area contributed by atoms with Gasteiger partial charge in [0.25, 0.3) is 0 Å². The number of piperidine rings is 1. The number of nitrogens with zero attached hydrogens (tertiary/aromatic N) is 2. The molecule has 2 fully saturated rings. The fourth-order valence-corrected chi connectivity index (χ4v) is 8.23. The van der Waals surface area contributed by atoms with E-state index in [0.29, 0.717) is 29.4 Å². The van der Waals surface area contributed by atoms with Crippen molar-refractivity contribution in [2.75, 3.05) is 37.7 Å². The van der Waals surface area contributed by atoms with Crippen molar-refractivity contribution >= 4 is 11.7 Å². The number of benzene rings is 4. The van der Waals surface area contributed by atoms with Gasteiger partial charge in [-0.15, -0.1) is 0 Å². The standard InChI is InChI=1S/C41H46N2O4/c1-28-7-14-38-32(23-28)10-15-37(30-5-3-2-4-6-30)40(38)31-8-12-36(13-9-31)47-22-19-29-25-43(26-29)34-17-20-42(21-18-34)35-11-16-39(41(45)46)33(24-35)27-44/h2-9,11-14,16,23-24,29,34,37,40,44H,10,15,17-22,25-27H2,1H3,(H,45,46)/t37-,40+/m1/s1. The van der Waals surface area contributed by atoms with Crippen molar-refractivity contribution in [3.63, 3.8) is 0 Å². The second-order valence-corrected chi connectivity index (χ2v) is 13.8. The zero-order chi connectivity index (χ0) is 32.3. The Hall–Kier alpha value is -4.13. The van der Waals surface area contributed by atoms with Crippen LogP contribution < -0.4 is 9.64 Å². The first-order valence-electron chi connectivity index (χ1n) is 17.3. The fourth-order valence-electron chi connectivity index (χ4n) is 8.23. The Kier molecular flexibility index (Phi) is 9.32. The van der Waals surface area contributed by atoms with Gasteiger partial charge in [0.15, 0.2) is 0 Å². The van der Waals surface area contributed by atoms with Crippen molar-refractivity contribution in [3.8, 4) is 5.75 Å². The third-order valence-electron chi connectivity index (χ3n) is 10.8. The van der Waals surface area contributed by atoms with Gasteiger partial charge in [-0.25, -0.2) is 4.79 Å². The second kappa shape index (κ2) is 13.9. The number of carboxylic acid groups (broad SMARTS) is 1. The van der Waals surface area contributed by atoms with Crippen LogP contribution in [0.15, 0.2) is 91.0 Å². The number of ether oxygens (including phenoxy) is 1. The summed E-state index contributed by atoms with van der Waals surface area (Å²) >= 11 is 0. The minimum Gasteiger partial charge on any atom is -0.494 e. The molecule has 0 unspecified atom stereocenters. The second-order valence-electron chi connectivity index (χ2n) is 13.8. The number of anilines is 1. The molecule has 6 nitrogen and oxygen atoms in total. The van der Waals surface area contributed by atoms with Crippen LogP contribution in [0.1, 0.15) is 81.3 Å². The van der Waals surface area contributed by atoms with E-state index in [1.807, 2.05) is 12.1 Å². The molecule has 2 aliphatic heterocycles. The van der Waals surface area contributed by atoms with E-state index in [1.165, 1.54) is 27.8 Å². The van der Waals surface area contributed by atoms with Crippen LogP contribution >= 0.6 is 0 Å². The van der Waals surface area contributed by atoms with Gasteiger partial charge < -0.3 is 19.8 Å². The summed E-state index contributed by atoms with van der Waals surface area (Å²) in [5.41, 5.74) is 8.74. The summed E-state index contributed by atoms with van der Waals surface area (Å²) in [4.78, 5) is 16.3. The van der Waals surface area contributed by atoms with Gasteiger partial charge >= 0.3 is 5.97 Å². The molecule has 2 saturated heterocycles. The predicted molar refractivity (Wildman–Crippen MR) is 187 cm³/mol. The number of hydrogen-bond donors (Lipinski definition) is 2. The highest BCUT2D eigenvalue weighted by molar-refractivity contribution is 5.90. The van der Waals surface area contributed by atoms with E-state index in [-0.39, 0.29) is 12.2 Å². The van der Waals surface area contributed by atoms with Gasteiger partial charge in [-0.2, -0.15) is 0 Å². The van der Waals surface area contributed by atoms with Crippen LogP contribution in [0.4, 0.5) is 5.69 Å². The maximum absolute atomic E-state index is 11.4. The quantitative estimate of drug-likeness (QED) is 0.190. The molecule has 7 rings (SSSR count). The molecule has 6 heteroatoms. The molecule has 0 bridgehead atoms. The molecule has 4 aromatic carbocycles. The lowest BCUT2D eigenvalue weighted by Gasteiger charge is -2.47. The highest BCUT2D eigenvalue weighted by atomic mass is 16.5. The molecule has 1 aliphatic carbocycles. The molecular formula is C41H46N2O4. The molecule has 3 aliphatic rings. The molecule has 2 heterocycles. The third-order valence-corrected chi connectivity index (χ3v) is 10.8. The van der Waals surface area contributed by atoms with E-state index >= 15 is 0 Å². The minimum atomic E-state index is -0.997. The number of aromatic carboxylic acids is 1. The lowest BCUT2D eigenvalue weighted by atomic mass is 9.69. The van der Waals surface area contributed by atoms with Gasteiger partial charge in [-0.1, -0.05) is 66.2 Å². The molecule has 47 heavy (non-hydrogen) atoms. The Labute approximate surface area is 278 Å².